The average molecular weight is 380 g/mol. The summed E-state index contributed by atoms with van der Waals surface area (Å²) in [6.45, 7) is 0.862. The van der Waals surface area contributed by atoms with Crippen molar-refractivity contribution in [3.8, 4) is 0 Å². The van der Waals surface area contributed by atoms with Gasteiger partial charge in [-0.15, -0.1) is 0 Å². The van der Waals surface area contributed by atoms with E-state index in [1.54, 1.807) is 4.90 Å². The van der Waals surface area contributed by atoms with Crippen LogP contribution < -0.4 is 5.32 Å². The minimum absolute atomic E-state index is 0.0859. The van der Waals surface area contributed by atoms with Crippen LogP contribution in [0.15, 0.2) is 36.4 Å². The molecule has 1 N–H and O–H groups in total. The number of alkyl halides is 3. The van der Waals surface area contributed by atoms with Crippen molar-refractivity contribution >= 4 is 11.8 Å². The van der Waals surface area contributed by atoms with Crippen molar-refractivity contribution in [3.63, 3.8) is 0 Å². The summed E-state index contributed by atoms with van der Waals surface area (Å²) >= 11 is 0. The lowest BCUT2D eigenvalue weighted by molar-refractivity contribution is -0.141. The molecule has 0 bridgehead atoms. The topological polar surface area (TPSA) is 67.2 Å². The Labute approximate surface area is 154 Å². The van der Waals surface area contributed by atoms with Gasteiger partial charge in [0, 0.05) is 32.6 Å². The van der Waals surface area contributed by atoms with Gasteiger partial charge in [0.2, 0.25) is 5.91 Å². The van der Waals surface area contributed by atoms with E-state index < -0.39 is 23.8 Å². The van der Waals surface area contributed by atoms with Gasteiger partial charge < -0.3 is 10.2 Å². The molecule has 0 radical (unpaired) electrons. The normalized spacial score (nSPS) is 17.4. The summed E-state index contributed by atoms with van der Waals surface area (Å²) in [7, 11) is 1.27. The van der Waals surface area contributed by atoms with Crippen molar-refractivity contribution in [2.45, 2.75) is 25.1 Å². The first-order valence-electron chi connectivity index (χ1n) is 8.48. The fourth-order valence-corrected chi connectivity index (χ4v) is 3.07. The number of hydrogen-bond donors (Lipinski definition) is 1. The van der Waals surface area contributed by atoms with Gasteiger partial charge in [-0.05, 0) is 12.0 Å². The molecule has 1 fully saturated rings. The fourth-order valence-electron chi connectivity index (χ4n) is 3.07. The molecule has 1 atom stereocenters. The fraction of sp³-hybridized carbons (Fsp3) is 0.389. The van der Waals surface area contributed by atoms with Crippen molar-refractivity contribution in [3.05, 3.63) is 53.3 Å². The molecule has 144 valence electrons. The van der Waals surface area contributed by atoms with Gasteiger partial charge in [0.1, 0.15) is 5.69 Å². The number of amides is 2. The van der Waals surface area contributed by atoms with E-state index in [2.05, 4.69) is 10.4 Å². The zero-order valence-electron chi connectivity index (χ0n) is 14.7. The van der Waals surface area contributed by atoms with Crippen LogP contribution in [0.2, 0.25) is 0 Å². The van der Waals surface area contributed by atoms with Crippen molar-refractivity contribution in [2.75, 3.05) is 13.1 Å². The number of aromatic nitrogens is 2. The molecule has 1 aliphatic heterocycles. The third-order valence-electron chi connectivity index (χ3n) is 4.47. The molecule has 1 aromatic heterocycles. The van der Waals surface area contributed by atoms with Gasteiger partial charge in [0.15, 0.2) is 5.69 Å². The van der Waals surface area contributed by atoms with Crippen molar-refractivity contribution < 1.29 is 22.8 Å². The second kappa shape index (κ2) is 7.42. The van der Waals surface area contributed by atoms with Crippen LogP contribution in [0.25, 0.3) is 0 Å². The van der Waals surface area contributed by atoms with E-state index in [-0.39, 0.29) is 18.0 Å². The van der Waals surface area contributed by atoms with Gasteiger partial charge in [0.25, 0.3) is 5.91 Å². The summed E-state index contributed by atoms with van der Waals surface area (Å²) in [5.74, 6) is -0.763. The largest absolute Gasteiger partial charge is 0.435 e. The monoisotopic (exact) mass is 380 g/mol. The first-order chi connectivity index (χ1) is 12.7. The number of carbonyl (C=O) groups excluding carboxylic acids is 2. The number of carbonyl (C=O) groups is 2. The van der Waals surface area contributed by atoms with Crippen molar-refractivity contribution in [1.82, 2.24) is 20.0 Å². The number of rotatable bonds is 5. The minimum atomic E-state index is -4.62. The van der Waals surface area contributed by atoms with E-state index >= 15 is 0 Å². The van der Waals surface area contributed by atoms with Gasteiger partial charge >= 0.3 is 6.18 Å². The van der Waals surface area contributed by atoms with Crippen LogP contribution in [0, 0.1) is 0 Å². The highest BCUT2D eigenvalue weighted by atomic mass is 19.4. The van der Waals surface area contributed by atoms with Crippen LogP contribution in [0.5, 0.6) is 0 Å². The Balaban J connectivity index is 1.58. The van der Waals surface area contributed by atoms with E-state index in [9.17, 15) is 22.8 Å². The SMILES string of the molecule is Cn1nc(C(F)(F)F)cc1C(=O)N[C@H]1CC(=O)N(CCc2ccccc2)C1. The lowest BCUT2D eigenvalue weighted by Crippen LogP contribution is -2.38. The summed E-state index contributed by atoms with van der Waals surface area (Å²) in [4.78, 5) is 26.1. The Bertz CT molecular complexity index is 833. The maximum absolute atomic E-state index is 12.7. The molecule has 1 saturated heterocycles. The molecule has 3 rings (SSSR count). The third-order valence-corrected chi connectivity index (χ3v) is 4.47. The summed E-state index contributed by atoms with van der Waals surface area (Å²) < 4.78 is 39.0. The maximum atomic E-state index is 12.7. The van der Waals surface area contributed by atoms with Gasteiger partial charge in [-0.3, -0.25) is 14.3 Å². The van der Waals surface area contributed by atoms with E-state index in [0.717, 1.165) is 10.2 Å². The predicted octanol–water partition coefficient (Wildman–Crippen LogP) is 2.01. The van der Waals surface area contributed by atoms with Crippen LogP contribution in [-0.2, 0) is 24.4 Å². The minimum Gasteiger partial charge on any atom is -0.346 e. The molecule has 2 amide bonds. The predicted molar refractivity (Wildman–Crippen MR) is 90.8 cm³/mol. The quantitative estimate of drug-likeness (QED) is 0.863. The molecule has 0 aliphatic carbocycles. The summed E-state index contributed by atoms with van der Waals surface area (Å²) in [6.07, 6.45) is -3.79. The number of aryl methyl sites for hydroxylation is 1. The Morgan fingerprint density at radius 1 is 1.30 bits per heavy atom. The molecular weight excluding hydrogens is 361 g/mol. The zero-order valence-corrected chi connectivity index (χ0v) is 14.7. The number of halogens is 3. The molecular formula is C18H19F3N4O2. The number of nitrogens with one attached hydrogen (secondary N) is 1. The highest BCUT2D eigenvalue weighted by Gasteiger charge is 2.36. The summed E-state index contributed by atoms with van der Waals surface area (Å²) in [5, 5.41) is 5.95. The average Bonchev–Trinajstić information content (AvgIpc) is 3.16. The number of nitrogens with zero attached hydrogens (tertiary/aromatic N) is 3. The number of hydrogen-bond acceptors (Lipinski definition) is 3. The molecule has 0 spiro atoms. The van der Waals surface area contributed by atoms with Crippen LogP contribution in [0.3, 0.4) is 0 Å². The molecule has 27 heavy (non-hydrogen) atoms. The lowest BCUT2D eigenvalue weighted by atomic mass is 10.1. The summed E-state index contributed by atoms with van der Waals surface area (Å²) in [6, 6.07) is 9.98. The molecule has 1 aliphatic rings. The molecule has 6 nitrogen and oxygen atoms in total. The van der Waals surface area contributed by atoms with Crippen molar-refractivity contribution in [1.29, 1.82) is 0 Å². The van der Waals surface area contributed by atoms with E-state index in [1.807, 2.05) is 30.3 Å². The van der Waals surface area contributed by atoms with Crippen LogP contribution >= 0.6 is 0 Å². The molecule has 0 saturated carbocycles. The second-order valence-corrected chi connectivity index (χ2v) is 6.49. The summed E-state index contributed by atoms with van der Waals surface area (Å²) in [5.41, 5.74) is -0.216. The molecule has 1 aromatic carbocycles. The van der Waals surface area contributed by atoms with Gasteiger partial charge in [0.05, 0.1) is 6.04 Å². The van der Waals surface area contributed by atoms with Gasteiger partial charge in [-0.1, -0.05) is 30.3 Å². The smallest absolute Gasteiger partial charge is 0.346 e. The second-order valence-electron chi connectivity index (χ2n) is 6.49. The van der Waals surface area contributed by atoms with E-state index in [1.165, 1.54) is 7.05 Å². The lowest BCUT2D eigenvalue weighted by Gasteiger charge is -2.17. The first kappa shape index (κ1) is 18.9. The Morgan fingerprint density at radius 2 is 2.00 bits per heavy atom. The van der Waals surface area contributed by atoms with Gasteiger partial charge in [-0.2, -0.15) is 18.3 Å². The maximum Gasteiger partial charge on any atom is 0.435 e. The van der Waals surface area contributed by atoms with Gasteiger partial charge in [-0.25, -0.2) is 0 Å². The Morgan fingerprint density at radius 3 is 2.63 bits per heavy atom. The standard InChI is InChI=1S/C18H19F3N4O2/c1-24-14(10-15(23-24)18(19,20)21)17(27)22-13-9-16(26)25(11-13)8-7-12-5-3-2-4-6-12/h2-6,10,13H,7-9,11H2,1H3,(H,22,27)/t13-/m0/s1. The Kier molecular flexibility index (Phi) is 5.20. The van der Waals surface area contributed by atoms with Crippen LogP contribution in [0.1, 0.15) is 28.2 Å². The van der Waals surface area contributed by atoms with Crippen LogP contribution in [-0.4, -0.2) is 45.6 Å². The van der Waals surface area contributed by atoms with Crippen LogP contribution in [0.4, 0.5) is 13.2 Å². The molecule has 9 heteroatoms. The molecule has 2 heterocycles. The highest BCUT2D eigenvalue weighted by molar-refractivity contribution is 5.93. The first-order valence-corrected chi connectivity index (χ1v) is 8.48. The number of benzene rings is 1. The number of likely N-dealkylation sites (tertiary alicyclic amines) is 1. The van der Waals surface area contributed by atoms with E-state index in [4.69, 9.17) is 0 Å². The highest BCUT2D eigenvalue weighted by Crippen LogP contribution is 2.28. The van der Waals surface area contributed by atoms with Crippen molar-refractivity contribution in [2.24, 2.45) is 7.05 Å². The molecule has 0 unspecified atom stereocenters. The zero-order chi connectivity index (χ0) is 19.6. The third kappa shape index (κ3) is 4.47. The Hall–Kier alpha value is -2.84. The molecule has 2 aromatic rings. The van der Waals surface area contributed by atoms with E-state index in [0.29, 0.717) is 25.6 Å².